The molecule has 0 amide bonds. The van der Waals surface area contributed by atoms with Gasteiger partial charge in [-0.2, -0.15) is 5.10 Å². The van der Waals surface area contributed by atoms with E-state index in [1.807, 2.05) is 13.1 Å². The molecular formula is C17H21Cl2N5OSi. The highest BCUT2D eigenvalue weighted by molar-refractivity contribution is 6.76. The van der Waals surface area contributed by atoms with Crippen LogP contribution in [0.4, 0.5) is 0 Å². The number of fused-ring (bicyclic) bond motifs is 1. The number of rotatable bonds is 6. The van der Waals surface area contributed by atoms with Crippen LogP contribution in [-0.4, -0.2) is 39.4 Å². The first-order chi connectivity index (χ1) is 12.2. The molecule has 0 saturated heterocycles. The van der Waals surface area contributed by atoms with Gasteiger partial charge in [0.2, 0.25) is 0 Å². The van der Waals surface area contributed by atoms with Crippen LogP contribution in [0.5, 0.6) is 0 Å². The average molecular weight is 410 g/mol. The third kappa shape index (κ3) is 4.59. The highest BCUT2D eigenvalue weighted by Gasteiger charge is 2.15. The predicted molar refractivity (Wildman–Crippen MR) is 107 cm³/mol. The molecule has 0 bridgehead atoms. The molecule has 0 spiro atoms. The van der Waals surface area contributed by atoms with Crippen molar-refractivity contribution in [3.8, 4) is 11.4 Å². The summed E-state index contributed by atoms with van der Waals surface area (Å²) in [6.45, 7) is 10.0. The second-order valence-corrected chi connectivity index (χ2v) is 13.7. The van der Waals surface area contributed by atoms with Crippen LogP contribution >= 0.6 is 23.2 Å². The summed E-state index contributed by atoms with van der Waals surface area (Å²) < 4.78 is 7.51. The van der Waals surface area contributed by atoms with Crippen LogP contribution in [0.3, 0.4) is 0 Å². The minimum atomic E-state index is -1.09. The fourth-order valence-electron chi connectivity index (χ4n) is 2.43. The highest BCUT2D eigenvalue weighted by Crippen LogP contribution is 2.27. The lowest BCUT2D eigenvalue weighted by atomic mass is 10.2. The van der Waals surface area contributed by atoms with Gasteiger partial charge in [0.25, 0.3) is 0 Å². The molecule has 0 aromatic carbocycles. The van der Waals surface area contributed by atoms with Gasteiger partial charge in [0.05, 0.1) is 23.0 Å². The van der Waals surface area contributed by atoms with Gasteiger partial charge >= 0.3 is 0 Å². The SMILES string of the molecule is Cc1nn(COCC[Si](C)(C)C)cc1-c1nc(Cl)c2cc(Cl)ncc2n1. The fourth-order valence-corrected chi connectivity index (χ4v) is 3.58. The molecule has 26 heavy (non-hydrogen) atoms. The van der Waals surface area contributed by atoms with Crippen molar-refractivity contribution >= 4 is 42.2 Å². The molecule has 3 aromatic heterocycles. The normalized spacial score (nSPS) is 12.1. The van der Waals surface area contributed by atoms with E-state index in [2.05, 4.69) is 39.7 Å². The molecule has 3 rings (SSSR count). The van der Waals surface area contributed by atoms with E-state index < -0.39 is 8.07 Å². The van der Waals surface area contributed by atoms with Gasteiger partial charge in [-0.15, -0.1) is 0 Å². The van der Waals surface area contributed by atoms with Crippen molar-refractivity contribution in [3.05, 3.63) is 34.5 Å². The van der Waals surface area contributed by atoms with Crippen molar-refractivity contribution in [3.63, 3.8) is 0 Å². The number of pyridine rings is 1. The van der Waals surface area contributed by atoms with Crippen LogP contribution < -0.4 is 0 Å². The topological polar surface area (TPSA) is 65.7 Å². The van der Waals surface area contributed by atoms with E-state index in [1.54, 1.807) is 16.9 Å². The molecule has 3 heterocycles. The summed E-state index contributed by atoms with van der Waals surface area (Å²) >= 11 is 12.2. The zero-order chi connectivity index (χ0) is 18.9. The summed E-state index contributed by atoms with van der Waals surface area (Å²) in [7, 11) is -1.09. The van der Waals surface area contributed by atoms with Crippen molar-refractivity contribution in [1.82, 2.24) is 24.7 Å². The summed E-state index contributed by atoms with van der Waals surface area (Å²) in [5, 5.41) is 5.86. The Bertz CT molecular complexity index is 939. The van der Waals surface area contributed by atoms with Gasteiger partial charge in [-0.05, 0) is 19.0 Å². The van der Waals surface area contributed by atoms with E-state index in [0.717, 1.165) is 23.9 Å². The average Bonchev–Trinajstić information content (AvgIpc) is 2.92. The van der Waals surface area contributed by atoms with Crippen LogP contribution in [0, 0.1) is 6.92 Å². The maximum atomic E-state index is 6.30. The third-order valence-corrected chi connectivity index (χ3v) is 6.11. The first-order valence-electron chi connectivity index (χ1n) is 8.34. The van der Waals surface area contributed by atoms with Crippen LogP contribution in [-0.2, 0) is 11.5 Å². The zero-order valence-corrected chi connectivity index (χ0v) is 17.8. The van der Waals surface area contributed by atoms with E-state index in [0.29, 0.717) is 33.8 Å². The standard InChI is InChI=1S/C17H21Cl2N5OSi/c1-11-13(9-24(23-11)10-25-5-6-26(2,3)4)17-21-14-8-20-15(18)7-12(14)16(19)22-17/h7-9H,5-6,10H2,1-4H3. The molecule has 0 radical (unpaired) electrons. The monoisotopic (exact) mass is 409 g/mol. The van der Waals surface area contributed by atoms with Crippen molar-refractivity contribution < 1.29 is 4.74 Å². The molecule has 0 fully saturated rings. The molecule has 0 aliphatic heterocycles. The van der Waals surface area contributed by atoms with Gasteiger partial charge < -0.3 is 4.74 Å². The molecule has 138 valence electrons. The lowest BCUT2D eigenvalue weighted by molar-refractivity contribution is 0.0784. The van der Waals surface area contributed by atoms with E-state index in [4.69, 9.17) is 27.9 Å². The third-order valence-electron chi connectivity index (χ3n) is 3.91. The van der Waals surface area contributed by atoms with Crippen LogP contribution in [0.15, 0.2) is 18.5 Å². The molecule has 3 aromatic rings. The second-order valence-electron chi connectivity index (χ2n) is 7.38. The van der Waals surface area contributed by atoms with Crippen LogP contribution in [0.1, 0.15) is 5.69 Å². The van der Waals surface area contributed by atoms with Crippen LogP contribution in [0.25, 0.3) is 22.3 Å². The molecule has 0 atom stereocenters. The van der Waals surface area contributed by atoms with E-state index in [1.165, 1.54) is 0 Å². The summed E-state index contributed by atoms with van der Waals surface area (Å²) in [6, 6.07) is 2.78. The lowest BCUT2D eigenvalue weighted by Crippen LogP contribution is -2.22. The highest BCUT2D eigenvalue weighted by atomic mass is 35.5. The van der Waals surface area contributed by atoms with E-state index in [9.17, 15) is 0 Å². The molecular weight excluding hydrogens is 389 g/mol. The Hall–Kier alpha value is -1.54. The molecule has 0 saturated carbocycles. The Labute approximate surface area is 163 Å². The molecule has 6 nitrogen and oxygen atoms in total. The Morgan fingerprint density at radius 3 is 2.69 bits per heavy atom. The molecule has 0 N–H and O–H groups in total. The Balaban J connectivity index is 1.81. The number of nitrogens with zero attached hydrogens (tertiary/aromatic N) is 5. The Morgan fingerprint density at radius 2 is 1.96 bits per heavy atom. The Morgan fingerprint density at radius 1 is 1.19 bits per heavy atom. The maximum absolute atomic E-state index is 6.30. The summed E-state index contributed by atoms with van der Waals surface area (Å²) in [4.78, 5) is 13.0. The number of aromatic nitrogens is 5. The lowest BCUT2D eigenvalue weighted by Gasteiger charge is -2.15. The van der Waals surface area contributed by atoms with Gasteiger partial charge in [-0.1, -0.05) is 42.8 Å². The summed E-state index contributed by atoms with van der Waals surface area (Å²) in [5.41, 5.74) is 2.27. The summed E-state index contributed by atoms with van der Waals surface area (Å²) in [6.07, 6.45) is 3.47. The van der Waals surface area contributed by atoms with Crippen molar-refractivity contribution in [2.24, 2.45) is 0 Å². The van der Waals surface area contributed by atoms with Gasteiger partial charge in [0.1, 0.15) is 17.0 Å². The van der Waals surface area contributed by atoms with E-state index in [-0.39, 0.29) is 0 Å². The molecule has 0 unspecified atom stereocenters. The van der Waals surface area contributed by atoms with Crippen molar-refractivity contribution in [1.29, 1.82) is 0 Å². The minimum absolute atomic E-state index is 0.341. The Kier molecular flexibility index (Phi) is 5.62. The number of hydrogen-bond acceptors (Lipinski definition) is 5. The number of aryl methyl sites for hydroxylation is 1. The van der Waals surface area contributed by atoms with Gasteiger partial charge in [0.15, 0.2) is 5.82 Å². The molecule has 0 aliphatic rings. The van der Waals surface area contributed by atoms with Gasteiger partial charge in [-0.3, -0.25) is 0 Å². The number of halogens is 2. The quantitative estimate of drug-likeness (QED) is 0.252. The minimum Gasteiger partial charge on any atom is -0.360 e. The maximum Gasteiger partial charge on any atom is 0.164 e. The van der Waals surface area contributed by atoms with Gasteiger partial charge in [-0.25, -0.2) is 19.6 Å². The largest absolute Gasteiger partial charge is 0.360 e. The summed E-state index contributed by atoms with van der Waals surface area (Å²) in [5.74, 6) is 0.512. The molecule has 0 aliphatic carbocycles. The second kappa shape index (κ2) is 7.60. The first-order valence-corrected chi connectivity index (χ1v) is 12.8. The number of ether oxygens (including phenoxy) is 1. The fraction of sp³-hybridized carbons (Fsp3) is 0.412. The smallest absolute Gasteiger partial charge is 0.164 e. The number of hydrogen-bond donors (Lipinski definition) is 0. The van der Waals surface area contributed by atoms with Crippen molar-refractivity contribution in [2.75, 3.05) is 6.61 Å². The van der Waals surface area contributed by atoms with Crippen molar-refractivity contribution in [2.45, 2.75) is 39.3 Å². The predicted octanol–water partition coefficient (Wildman–Crippen LogP) is 4.82. The van der Waals surface area contributed by atoms with Crippen LogP contribution in [0.2, 0.25) is 36.0 Å². The zero-order valence-electron chi connectivity index (χ0n) is 15.3. The van der Waals surface area contributed by atoms with Gasteiger partial charge in [0, 0.05) is 26.3 Å². The molecule has 9 heteroatoms. The van der Waals surface area contributed by atoms with E-state index >= 15 is 0 Å². The first kappa shape index (κ1) is 19.2.